The van der Waals surface area contributed by atoms with Crippen LogP contribution in [0.4, 0.5) is 5.69 Å². The zero-order valence-corrected chi connectivity index (χ0v) is 12.1. The van der Waals surface area contributed by atoms with Crippen molar-refractivity contribution in [2.75, 3.05) is 0 Å². The highest BCUT2D eigenvalue weighted by Crippen LogP contribution is 2.50. The Balaban J connectivity index is 2.00. The van der Waals surface area contributed by atoms with Crippen molar-refractivity contribution in [1.29, 1.82) is 0 Å². The van der Waals surface area contributed by atoms with Gasteiger partial charge in [-0.15, -0.1) is 0 Å². The standard InChI is InChI=1S/C19H13NO3/c21-18-10-9-12(20(22)23)11-17(18)19-15-7-3-1-5-13(15)14-6-2-4-8-16(14)19/h1-11,19,21H. The van der Waals surface area contributed by atoms with Crippen LogP contribution in [0.15, 0.2) is 66.7 Å². The average molecular weight is 303 g/mol. The fourth-order valence-corrected chi connectivity index (χ4v) is 3.38. The number of benzene rings is 3. The second-order valence-electron chi connectivity index (χ2n) is 5.61. The van der Waals surface area contributed by atoms with E-state index in [2.05, 4.69) is 0 Å². The van der Waals surface area contributed by atoms with E-state index >= 15 is 0 Å². The van der Waals surface area contributed by atoms with Crippen LogP contribution in [-0.4, -0.2) is 10.0 Å². The van der Waals surface area contributed by atoms with Gasteiger partial charge in [0.1, 0.15) is 5.75 Å². The van der Waals surface area contributed by atoms with Gasteiger partial charge in [-0.2, -0.15) is 0 Å². The predicted octanol–water partition coefficient (Wildman–Crippen LogP) is 4.46. The second kappa shape index (κ2) is 4.95. The summed E-state index contributed by atoms with van der Waals surface area (Å²) in [6.07, 6.45) is 0. The van der Waals surface area contributed by atoms with E-state index in [1.807, 2.05) is 48.5 Å². The lowest BCUT2D eigenvalue weighted by Crippen LogP contribution is -2.01. The summed E-state index contributed by atoms with van der Waals surface area (Å²) in [5.41, 5.74) is 4.89. The van der Waals surface area contributed by atoms with E-state index in [1.54, 1.807) is 0 Å². The molecule has 0 unspecified atom stereocenters. The summed E-state index contributed by atoms with van der Waals surface area (Å²) in [5, 5.41) is 21.4. The number of aromatic hydroxyl groups is 1. The lowest BCUT2D eigenvalue weighted by atomic mass is 9.88. The van der Waals surface area contributed by atoms with Gasteiger partial charge in [0.05, 0.1) is 4.92 Å². The van der Waals surface area contributed by atoms with Crippen LogP contribution in [0.2, 0.25) is 0 Å². The quantitative estimate of drug-likeness (QED) is 0.439. The fourth-order valence-electron chi connectivity index (χ4n) is 3.38. The van der Waals surface area contributed by atoms with Gasteiger partial charge >= 0.3 is 0 Å². The summed E-state index contributed by atoms with van der Waals surface area (Å²) in [6, 6.07) is 20.2. The molecule has 0 bridgehead atoms. The predicted molar refractivity (Wildman–Crippen MR) is 87.6 cm³/mol. The summed E-state index contributed by atoms with van der Waals surface area (Å²) in [5.74, 6) is -0.116. The maximum atomic E-state index is 11.1. The van der Waals surface area contributed by atoms with Gasteiger partial charge in [0, 0.05) is 23.6 Å². The number of nitro groups is 1. The number of fused-ring (bicyclic) bond motifs is 3. The Labute approximate surface area is 132 Å². The van der Waals surface area contributed by atoms with E-state index in [9.17, 15) is 15.2 Å². The molecular weight excluding hydrogens is 290 g/mol. The molecule has 1 aliphatic rings. The van der Waals surface area contributed by atoms with Crippen LogP contribution in [0.5, 0.6) is 5.75 Å². The highest BCUT2D eigenvalue weighted by atomic mass is 16.6. The van der Waals surface area contributed by atoms with E-state index in [0.717, 1.165) is 22.3 Å². The number of hydrogen-bond donors (Lipinski definition) is 1. The summed E-state index contributed by atoms with van der Waals surface area (Å²) < 4.78 is 0. The SMILES string of the molecule is O=[N+]([O-])c1ccc(O)c(C2c3ccccc3-c3ccccc32)c1. The van der Waals surface area contributed by atoms with Crippen molar-refractivity contribution in [2.45, 2.75) is 5.92 Å². The highest BCUT2D eigenvalue weighted by Gasteiger charge is 2.31. The molecule has 0 saturated carbocycles. The topological polar surface area (TPSA) is 63.4 Å². The lowest BCUT2D eigenvalue weighted by molar-refractivity contribution is -0.384. The number of phenolic OH excluding ortho intramolecular Hbond substituents is 1. The summed E-state index contributed by atoms with van der Waals surface area (Å²) in [4.78, 5) is 10.7. The van der Waals surface area contributed by atoms with Crippen molar-refractivity contribution < 1.29 is 10.0 Å². The highest BCUT2D eigenvalue weighted by molar-refractivity contribution is 5.81. The molecule has 23 heavy (non-hydrogen) atoms. The van der Waals surface area contributed by atoms with Gasteiger partial charge in [-0.1, -0.05) is 48.5 Å². The molecule has 0 spiro atoms. The smallest absolute Gasteiger partial charge is 0.270 e. The third kappa shape index (κ3) is 1.99. The molecule has 1 aliphatic carbocycles. The average Bonchev–Trinajstić information content (AvgIpc) is 2.90. The first-order valence-electron chi connectivity index (χ1n) is 7.32. The number of nitro benzene ring substituents is 1. The number of non-ortho nitro benzene ring substituents is 1. The third-order valence-electron chi connectivity index (χ3n) is 4.37. The number of rotatable bonds is 2. The fraction of sp³-hybridized carbons (Fsp3) is 0.0526. The molecule has 112 valence electrons. The van der Waals surface area contributed by atoms with Crippen LogP contribution in [0.25, 0.3) is 11.1 Å². The first-order valence-corrected chi connectivity index (χ1v) is 7.32. The van der Waals surface area contributed by atoms with Gasteiger partial charge < -0.3 is 5.11 Å². The Morgan fingerprint density at radius 2 is 1.39 bits per heavy atom. The molecule has 0 aliphatic heterocycles. The van der Waals surface area contributed by atoms with Gasteiger partial charge in [-0.05, 0) is 28.3 Å². The maximum absolute atomic E-state index is 11.1. The van der Waals surface area contributed by atoms with Crippen LogP contribution in [0.3, 0.4) is 0 Å². The van der Waals surface area contributed by atoms with Gasteiger partial charge in [-0.3, -0.25) is 10.1 Å². The van der Waals surface area contributed by atoms with E-state index in [4.69, 9.17) is 0 Å². The van der Waals surface area contributed by atoms with Gasteiger partial charge in [0.15, 0.2) is 0 Å². The molecule has 3 aromatic rings. The maximum Gasteiger partial charge on any atom is 0.270 e. The van der Waals surface area contributed by atoms with Crippen molar-refractivity contribution >= 4 is 5.69 Å². The van der Waals surface area contributed by atoms with E-state index in [-0.39, 0.29) is 17.4 Å². The molecule has 0 heterocycles. The minimum Gasteiger partial charge on any atom is -0.508 e. The molecule has 0 saturated heterocycles. The van der Waals surface area contributed by atoms with Crippen molar-refractivity contribution in [2.24, 2.45) is 0 Å². The monoisotopic (exact) mass is 303 g/mol. The molecular formula is C19H13NO3. The molecule has 0 atom stereocenters. The number of nitrogens with zero attached hydrogens (tertiary/aromatic N) is 1. The van der Waals surface area contributed by atoms with Crippen LogP contribution < -0.4 is 0 Å². The Morgan fingerprint density at radius 3 is 1.96 bits per heavy atom. The van der Waals surface area contributed by atoms with Crippen molar-refractivity contribution in [3.63, 3.8) is 0 Å². The first kappa shape index (κ1) is 13.5. The molecule has 0 fully saturated rings. The zero-order valence-electron chi connectivity index (χ0n) is 12.1. The third-order valence-corrected chi connectivity index (χ3v) is 4.37. The van der Waals surface area contributed by atoms with Crippen LogP contribution >= 0.6 is 0 Å². The molecule has 4 nitrogen and oxygen atoms in total. The van der Waals surface area contributed by atoms with Gasteiger partial charge in [-0.25, -0.2) is 0 Å². The Bertz CT molecular complexity index is 888. The minimum atomic E-state index is -0.435. The van der Waals surface area contributed by atoms with Crippen molar-refractivity contribution in [3.8, 4) is 16.9 Å². The second-order valence-corrected chi connectivity index (χ2v) is 5.61. The molecule has 0 radical (unpaired) electrons. The van der Waals surface area contributed by atoms with Crippen LogP contribution in [0.1, 0.15) is 22.6 Å². The summed E-state index contributed by atoms with van der Waals surface area (Å²) in [6.45, 7) is 0. The number of hydrogen-bond acceptors (Lipinski definition) is 3. The van der Waals surface area contributed by atoms with E-state index in [1.165, 1.54) is 18.2 Å². The largest absolute Gasteiger partial charge is 0.508 e. The molecule has 1 N–H and O–H groups in total. The van der Waals surface area contributed by atoms with E-state index in [0.29, 0.717) is 5.56 Å². The zero-order chi connectivity index (χ0) is 16.0. The van der Waals surface area contributed by atoms with Gasteiger partial charge in [0.25, 0.3) is 5.69 Å². The molecule has 4 heteroatoms. The summed E-state index contributed by atoms with van der Waals surface area (Å²) in [7, 11) is 0. The van der Waals surface area contributed by atoms with Gasteiger partial charge in [0.2, 0.25) is 0 Å². The normalized spacial score (nSPS) is 12.7. The minimum absolute atomic E-state index is 0.0142. The lowest BCUT2D eigenvalue weighted by Gasteiger charge is -2.15. The molecule has 0 aromatic heterocycles. The summed E-state index contributed by atoms with van der Waals surface area (Å²) >= 11 is 0. The van der Waals surface area contributed by atoms with E-state index < -0.39 is 4.92 Å². The number of phenols is 1. The first-order chi connectivity index (χ1) is 11.2. The molecule has 4 rings (SSSR count). The molecule has 0 amide bonds. The Kier molecular flexibility index (Phi) is 2.91. The van der Waals surface area contributed by atoms with Crippen molar-refractivity contribution in [3.05, 3.63) is 93.5 Å². The Hall–Kier alpha value is -3.14. The Morgan fingerprint density at radius 1 is 0.826 bits per heavy atom. The van der Waals surface area contributed by atoms with Crippen molar-refractivity contribution in [1.82, 2.24) is 0 Å². The van der Waals surface area contributed by atoms with Crippen LogP contribution in [0, 0.1) is 10.1 Å². The molecule has 3 aromatic carbocycles. The van der Waals surface area contributed by atoms with Crippen LogP contribution in [-0.2, 0) is 0 Å².